The van der Waals surface area contributed by atoms with E-state index >= 15 is 0 Å². The number of rotatable bonds is 3. The topological polar surface area (TPSA) is 25.8 Å². The molecule has 0 atom stereocenters. The Labute approximate surface area is 100 Å². The summed E-state index contributed by atoms with van der Waals surface area (Å²) in [4.78, 5) is 8.68. The standard InChI is InChI=1S/C13H13ClN2/c1-2-11-8-15-9-12(16-11)7-10-5-3-4-6-13(10)14/h3-6,8-9H,2,7H2,1H3. The van der Waals surface area contributed by atoms with E-state index < -0.39 is 0 Å². The normalized spacial score (nSPS) is 10.4. The van der Waals surface area contributed by atoms with Gasteiger partial charge in [-0.2, -0.15) is 0 Å². The number of benzene rings is 1. The Morgan fingerprint density at radius 2 is 1.88 bits per heavy atom. The first kappa shape index (κ1) is 11.1. The number of hydrogen-bond acceptors (Lipinski definition) is 2. The summed E-state index contributed by atoms with van der Waals surface area (Å²) in [6, 6.07) is 7.83. The third-order valence-electron chi connectivity index (χ3n) is 2.43. The van der Waals surface area contributed by atoms with Gasteiger partial charge in [0.25, 0.3) is 0 Å². The van der Waals surface area contributed by atoms with Crippen LogP contribution in [0.15, 0.2) is 36.7 Å². The molecule has 2 nitrogen and oxygen atoms in total. The average Bonchev–Trinajstić information content (AvgIpc) is 2.32. The van der Waals surface area contributed by atoms with E-state index in [4.69, 9.17) is 11.6 Å². The van der Waals surface area contributed by atoms with E-state index in [9.17, 15) is 0 Å². The van der Waals surface area contributed by atoms with Crippen LogP contribution in [0.2, 0.25) is 5.02 Å². The van der Waals surface area contributed by atoms with Crippen molar-refractivity contribution in [1.82, 2.24) is 9.97 Å². The molecule has 0 aliphatic rings. The van der Waals surface area contributed by atoms with E-state index in [-0.39, 0.29) is 0 Å². The predicted octanol–water partition coefficient (Wildman–Crippen LogP) is 3.28. The Balaban J connectivity index is 2.24. The van der Waals surface area contributed by atoms with Crippen molar-refractivity contribution in [3.63, 3.8) is 0 Å². The van der Waals surface area contributed by atoms with Crippen molar-refractivity contribution < 1.29 is 0 Å². The van der Waals surface area contributed by atoms with Gasteiger partial charge in [0.15, 0.2) is 0 Å². The molecule has 2 rings (SSSR count). The summed E-state index contributed by atoms with van der Waals surface area (Å²) in [5.41, 5.74) is 3.07. The second-order valence-corrected chi connectivity index (χ2v) is 4.03. The van der Waals surface area contributed by atoms with Crippen molar-refractivity contribution in [2.75, 3.05) is 0 Å². The Morgan fingerprint density at radius 3 is 2.62 bits per heavy atom. The van der Waals surface area contributed by atoms with Crippen molar-refractivity contribution in [3.8, 4) is 0 Å². The Hall–Kier alpha value is -1.41. The molecular weight excluding hydrogens is 220 g/mol. The van der Waals surface area contributed by atoms with Crippen LogP contribution in [0.25, 0.3) is 0 Å². The molecule has 1 aromatic carbocycles. The molecule has 0 radical (unpaired) electrons. The van der Waals surface area contributed by atoms with E-state index in [0.717, 1.165) is 34.8 Å². The summed E-state index contributed by atoms with van der Waals surface area (Å²) in [6.07, 6.45) is 5.24. The quantitative estimate of drug-likeness (QED) is 0.812. The second kappa shape index (κ2) is 5.08. The second-order valence-electron chi connectivity index (χ2n) is 3.62. The van der Waals surface area contributed by atoms with Crippen LogP contribution in [0, 0.1) is 0 Å². The van der Waals surface area contributed by atoms with E-state index in [0.29, 0.717) is 0 Å². The minimum atomic E-state index is 0.737. The van der Waals surface area contributed by atoms with Gasteiger partial charge in [0.05, 0.1) is 11.4 Å². The van der Waals surface area contributed by atoms with Gasteiger partial charge in [-0.05, 0) is 18.1 Å². The van der Waals surface area contributed by atoms with Crippen molar-refractivity contribution in [2.24, 2.45) is 0 Å². The summed E-state index contributed by atoms with van der Waals surface area (Å²) in [7, 11) is 0. The van der Waals surface area contributed by atoms with E-state index in [2.05, 4.69) is 16.9 Å². The fourth-order valence-corrected chi connectivity index (χ4v) is 1.75. The highest BCUT2D eigenvalue weighted by molar-refractivity contribution is 6.31. The number of aryl methyl sites for hydroxylation is 1. The third-order valence-corrected chi connectivity index (χ3v) is 2.79. The molecule has 0 spiro atoms. The van der Waals surface area contributed by atoms with Crippen LogP contribution in [-0.4, -0.2) is 9.97 Å². The van der Waals surface area contributed by atoms with Crippen LogP contribution in [0.1, 0.15) is 23.9 Å². The highest BCUT2D eigenvalue weighted by Gasteiger charge is 2.02. The minimum absolute atomic E-state index is 0.737. The Kier molecular flexibility index (Phi) is 3.52. The highest BCUT2D eigenvalue weighted by atomic mass is 35.5. The number of hydrogen-bond donors (Lipinski definition) is 0. The number of nitrogens with zero attached hydrogens (tertiary/aromatic N) is 2. The van der Waals surface area contributed by atoms with Crippen molar-refractivity contribution >= 4 is 11.6 Å². The molecule has 16 heavy (non-hydrogen) atoms. The zero-order valence-corrected chi connectivity index (χ0v) is 9.91. The largest absolute Gasteiger partial charge is 0.261 e. The molecule has 2 aromatic rings. The zero-order chi connectivity index (χ0) is 11.4. The third kappa shape index (κ3) is 2.58. The van der Waals surface area contributed by atoms with Gasteiger partial charge in [0.2, 0.25) is 0 Å². The van der Waals surface area contributed by atoms with Gasteiger partial charge in [0.1, 0.15) is 0 Å². The average molecular weight is 233 g/mol. The molecule has 0 aliphatic heterocycles. The SMILES string of the molecule is CCc1cncc(Cc2ccccc2Cl)n1. The van der Waals surface area contributed by atoms with Gasteiger partial charge in [-0.25, -0.2) is 0 Å². The fourth-order valence-electron chi connectivity index (χ4n) is 1.54. The van der Waals surface area contributed by atoms with Gasteiger partial charge in [-0.1, -0.05) is 36.7 Å². The lowest BCUT2D eigenvalue weighted by atomic mass is 10.1. The van der Waals surface area contributed by atoms with Crippen molar-refractivity contribution in [2.45, 2.75) is 19.8 Å². The lowest BCUT2D eigenvalue weighted by Crippen LogP contribution is -1.97. The van der Waals surface area contributed by atoms with Gasteiger partial charge >= 0.3 is 0 Å². The smallest absolute Gasteiger partial charge is 0.0634 e. The molecule has 82 valence electrons. The molecule has 0 saturated carbocycles. The predicted molar refractivity (Wildman–Crippen MR) is 65.7 cm³/mol. The van der Waals surface area contributed by atoms with Gasteiger partial charge in [-0.3, -0.25) is 9.97 Å². The minimum Gasteiger partial charge on any atom is -0.261 e. The first-order chi connectivity index (χ1) is 7.79. The molecular formula is C13H13ClN2. The van der Waals surface area contributed by atoms with E-state index in [1.807, 2.05) is 24.3 Å². The summed E-state index contributed by atoms with van der Waals surface area (Å²) >= 11 is 6.10. The molecule has 0 fully saturated rings. The first-order valence-corrected chi connectivity index (χ1v) is 5.70. The van der Waals surface area contributed by atoms with Crippen LogP contribution < -0.4 is 0 Å². The molecule has 0 bridgehead atoms. The maximum atomic E-state index is 6.10. The lowest BCUT2D eigenvalue weighted by Gasteiger charge is -2.04. The van der Waals surface area contributed by atoms with Crippen molar-refractivity contribution in [3.05, 3.63) is 58.6 Å². The van der Waals surface area contributed by atoms with Crippen LogP contribution in [-0.2, 0) is 12.8 Å². The van der Waals surface area contributed by atoms with Gasteiger partial charge < -0.3 is 0 Å². The Morgan fingerprint density at radius 1 is 1.12 bits per heavy atom. The number of aromatic nitrogens is 2. The molecule has 1 aromatic heterocycles. The molecule has 3 heteroatoms. The van der Waals surface area contributed by atoms with Gasteiger partial charge in [-0.15, -0.1) is 0 Å². The fraction of sp³-hybridized carbons (Fsp3) is 0.231. The summed E-state index contributed by atoms with van der Waals surface area (Å²) < 4.78 is 0. The van der Waals surface area contributed by atoms with E-state index in [1.165, 1.54) is 0 Å². The van der Waals surface area contributed by atoms with Crippen LogP contribution in [0.4, 0.5) is 0 Å². The monoisotopic (exact) mass is 232 g/mol. The first-order valence-electron chi connectivity index (χ1n) is 5.33. The molecule has 0 aliphatic carbocycles. The molecule has 1 heterocycles. The van der Waals surface area contributed by atoms with Crippen molar-refractivity contribution in [1.29, 1.82) is 0 Å². The molecule has 0 saturated heterocycles. The maximum Gasteiger partial charge on any atom is 0.0634 e. The maximum absolute atomic E-state index is 6.10. The van der Waals surface area contributed by atoms with Crippen LogP contribution >= 0.6 is 11.6 Å². The molecule has 0 N–H and O–H groups in total. The summed E-state index contributed by atoms with van der Waals surface area (Å²) in [5.74, 6) is 0. The number of halogens is 1. The highest BCUT2D eigenvalue weighted by Crippen LogP contribution is 2.17. The summed E-state index contributed by atoms with van der Waals surface area (Å²) in [6.45, 7) is 2.07. The zero-order valence-electron chi connectivity index (χ0n) is 9.15. The molecule has 0 unspecified atom stereocenters. The summed E-state index contributed by atoms with van der Waals surface area (Å²) in [5, 5.41) is 0.784. The lowest BCUT2D eigenvalue weighted by molar-refractivity contribution is 0.936. The molecule has 0 amide bonds. The van der Waals surface area contributed by atoms with E-state index in [1.54, 1.807) is 12.4 Å². The Bertz CT molecular complexity index is 483. The van der Waals surface area contributed by atoms with Crippen LogP contribution in [0.3, 0.4) is 0 Å². The van der Waals surface area contributed by atoms with Crippen LogP contribution in [0.5, 0.6) is 0 Å². The van der Waals surface area contributed by atoms with Gasteiger partial charge in [0, 0.05) is 23.8 Å².